The van der Waals surface area contributed by atoms with Gasteiger partial charge in [0.25, 0.3) is 0 Å². The fourth-order valence-electron chi connectivity index (χ4n) is 6.78. The first kappa shape index (κ1) is 25.8. The molecule has 9 heteroatoms. The second-order valence-electron chi connectivity index (χ2n) is 11.3. The number of amides is 2. The van der Waals surface area contributed by atoms with E-state index < -0.39 is 5.97 Å². The van der Waals surface area contributed by atoms with E-state index >= 15 is 0 Å². The lowest BCUT2D eigenvalue weighted by Gasteiger charge is -2.40. The van der Waals surface area contributed by atoms with Gasteiger partial charge in [-0.1, -0.05) is 31.4 Å². The smallest absolute Gasteiger partial charge is 0.326 e. The summed E-state index contributed by atoms with van der Waals surface area (Å²) in [6.45, 7) is 4.00. The molecule has 3 aliphatic rings. The molecule has 0 spiro atoms. The first-order chi connectivity index (χ1) is 18.0. The number of imidazole rings is 1. The Morgan fingerprint density at radius 3 is 2.49 bits per heavy atom. The van der Waals surface area contributed by atoms with Crippen molar-refractivity contribution in [1.29, 1.82) is 0 Å². The van der Waals surface area contributed by atoms with Crippen LogP contribution >= 0.6 is 0 Å². The molecule has 1 aromatic carbocycles. The molecule has 2 saturated heterocycles. The molecular formula is C28H41N5O4. The lowest BCUT2D eigenvalue weighted by atomic mass is 9.81. The number of rotatable bonds is 7. The molecule has 9 nitrogen and oxygen atoms in total. The van der Waals surface area contributed by atoms with Crippen LogP contribution in [-0.2, 0) is 4.79 Å². The number of fused-ring (bicyclic) bond motifs is 1. The fourth-order valence-corrected chi connectivity index (χ4v) is 6.78. The molecule has 1 saturated carbocycles. The summed E-state index contributed by atoms with van der Waals surface area (Å²) >= 11 is 0. The number of para-hydroxylation sites is 2. The van der Waals surface area contributed by atoms with Crippen molar-refractivity contribution in [3.05, 3.63) is 34.7 Å². The van der Waals surface area contributed by atoms with Crippen molar-refractivity contribution in [1.82, 2.24) is 24.7 Å². The van der Waals surface area contributed by atoms with Crippen molar-refractivity contribution in [3.63, 3.8) is 0 Å². The number of nitrogens with one attached hydrogen (secondary N) is 2. The van der Waals surface area contributed by atoms with E-state index in [4.69, 9.17) is 0 Å². The number of H-pyrrole nitrogens is 1. The zero-order valence-electron chi connectivity index (χ0n) is 21.7. The minimum Gasteiger partial charge on any atom is -0.481 e. The third-order valence-electron chi connectivity index (χ3n) is 8.91. The molecule has 202 valence electrons. The number of urea groups is 1. The summed E-state index contributed by atoms with van der Waals surface area (Å²) in [5.74, 6) is -0.449. The number of piperidine rings is 2. The van der Waals surface area contributed by atoms with Gasteiger partial charge in [0.15, 0.2) is 0 Å². The molecule has 2 aliphatic heterocycles. The fraction of sp³-hybridized carbons (Fsp3) is 0.679. The number of nitrogens with zero attached hydrogens (tertiary/aromatic N) is 3. The van der Waals surface area contributed by atoms with Crippen LogP contribution in [0.25, 0.3) is 11.0 Å². The molecule has 2 amide bonds. The van der Waals surface area contributed by atoms with E-state index in [1.54, 1.807) is 0 Å². The molecule has 2 atom stereocenters. The van der Waals surface area contributed by atoms with E-state index in [-0.39, 0.29) is 42.1 Å². The summed E-state index contributed by atoms with van der Waals surface area (Å²) in [4.78, 5) is 44.4. The molecular weight excluding hydrogens is 470 g/mol. The van der Waals surface area contributed by atoms with Crippen molar-refractivity contribution < 1.29 is 14.7 Å². The van der Waals surface area contributed by atoms with Crippen LogP contribution in [0.1, 0.15) is 70.3 Å². The highest BCUT2D eigenvalue weighted by atomic mass is 16.4. The average molecular weight is 512 g/mol. The number of carbonyl (C=O) groups is 2. The Labute approximate surface area is 218 Å². The molecule has 3 heterocycles. The highest BCUT2D eigenvalue weighted by molar-refractivity contribution is 5.75. The average Bonchev–Trinajstić information content (AvgIpc) is 3.24. The number of benzene rings is 1. The summed E-state index contributed by atoms with van der Waals surface area (Å²) < 4.78 is 1.92. The van der Waals surface area contributed by atoms with Gasteiger partial charge in [0.05, 0.1) is 11.0 Å². The SMILES string of the molecule is O=C(O)CC1CCN(C(=O)NC2CCCCC2)CC1CCN1CCC(n2c(=O)[nH]c3ccccc32)CC1. The second-order valence-corrected chi connectivity index (χ2v) is 11.3. The van der Waals surface area contributed by atoms with Crippen molar-refractivity contribution in [2.75, 3.05) is 32.7 Å². The molecule has 0 radical (unpaired) electrons. The summed E-state index contributed by atoms with van der Waals surface area (Å²) in [6.07, 6.45) is 9.39. The maximum atomic E-state index is 13.0. The number of aromatic nitrogens is 2. The van der Waals surface area contributed by atoms with E-state index in [0.29, 0.717) is 13.1 Å². The minimum atomic E-state index is -0.750. The lowest BCUT2D eigenvalue weighted by Crippen LogP contribution is -2.51. The van der Waals surface area contributed by atoms with E-state index in [1.165, 1.54) is 19.3 Å². The van der Waals surface area contributed by atoms with Crippen LogP contribution in [0, 0.1) is 11.8 Å². The summed E-state index contributed by atoms with van der Waals surface area (Å²) in [6, 6.07) is 8.35. The number of hydrogen-bond acceptors (Lipinski definition) is 4. The van der Waals surface area contributed by atoms with Gasteiger partial charge in [0.1, 0.15) is 0 Å². The Hall–Kier alpha value is -2.81. The number of carboxylic acids is 1. The van der Waals surface area contributed by atoms with Gasteiger partial charge in [-0.2, -0.15) is 0 Å². The minimum absolute atomic E-state index is 0.0238. The van der Waals surface area contributed by atoms with Crippen molar-refractivity contribution >= 4 is 23.0 Å². The Kier molecular flexibility index (Phi) is 8.17. The molecule has 5 rings (SSSR count). The number of carbonyl (C=O) groups excluding carboxylic acids is 1. The number of aliphatic carboxylic acids is 1. The molecule has 2 aromatic rings. The zero-order valence-corrected chi connectivity index (χ0v) is 21.7. The first-order valence-corrected chi connectivity index (χ1v) is 14.2. The van der Waals surface area contributed by atoms with Gasteiger partial charge in [-0.3, -0.25) is 9.36 Å². The lowest BCUT2D eigenvalue weighted by molar-refractivity contribution is -0.139. The number of likely N-dealkylation sites (tertiary alicyclic amines) is 2. The molecule has 1 aliphatic carbocycles. The van der Waals surface area contributed by atoms with Crippen LogP contribution in [0.4, 0.5) is 4.79 Å². The van der Waals surface area contributed by atoms with Crippen LogP contribution in [0.2, 0.25) is 0 Å². The maximum absolute atomic E-state index is 13.0. The highest BCUT2D eigenvalue weighted by Gasteiger charge is 2.34. The van der Waals surface area contributed by atoms with Crippen molar-refractivity contribution in [2.45, 2.75) is 76.3 Å². The quantitative estimate of drug-likeness (QED) is 0.524. The molecule has 1 aromatic heterocycles. The summed E-state index contributed by atoms with van der Waals surface area (Å²) in [5, 5.41) is 12.7. The van der Waals surface area contributed by atoms with Crippen LogP contribution in [0.5, 0.6) is 0 Å². The van der Waals surface area contributed by atoms with E-state index in [0.717, 1.165) is 69.2 Å². The molecule has 0 bridgehead atoms. The Balaban J connectivity index is 1.15. The zero-order chi connectivity index (χ0) is 25.8. The topological polar surface area (TPSA) is 111 Å². The number of hydrogen-bond donors (Lipinski definition) is 3. The Morgan fingerprint density at radius 1 is 0.973 bits per heavy atom. The number of carboxylic acid groups (broad SMARTS) is 1. The third-order valence-corrected chi connectivity index (χ3v) is 8.91. The molecule has 2 unspecified atom stereocenters. The van der Waals surface area contributed by atoms with Crippen molar-refractivity contribution in [3.8, 4) is 0 Å². The normalized spacial score (nSPS) is 24.4. The Bertz CT molecular complexity index is 1130. The first-order valence-electron chi connectivity index (χ1n) is 14.2. The second kappa shape index (κ2) is 11.7. The predicted octanol–water partition coefficient (Wildman–Crippen LogP) is 3.81. The van der Waals surface area contributed by atoms with Gasteiger partial charge in [-0.25, -0.2) is 9.59 Å². The summed E-state index contributed by atoms with van der Waals surface area (Å²) in [7, 11) is 0. The van der Waals surface area contributed by atoms with Gasteiger partial charge in [-0.05, 0) is 69.0 Å². The van der Waals surface area contributed by atoms with Gasteiger partial charge >= 0.3 is 17.7 Å². The van der Waals surface area contributed by atoms with Crippen LogP contribution < -0.4 is 11.0 Å². The Morgan fingerprint density at radius 2 is 1.73 bits per heavy atom. The molecule has 3 fully saturated rings. The third kappa shape index (κ3) is 6.20. The standard InChI is InChI=1S/C28H41N5O4/c34-26(35)18-20-11-17-32(27(36)29-22-6-2-1-3-7-22)19-21(20)10-14-31-15-12-23(13-16-31)33-25-9-5-4-8-24(25)30-28(33)37/h4-5,8-9,20-23H,1-3,6-7,10-19H2,(H,29,36)(H,30,37)(H,34,35). The number of aromatic amines is 1. The van der Waals surface area contributed by atoms with Crippen molar-refractivity contribution in [2.24, 2.45) is 11.8 Å². The molecule has 3 N–H and O–H groups in total. The van der Waals surface area contributed by atoms with E-state index in [9.17, 15) is 19.5 Å². The van der Waals surface area contributed by atoms with Gasteiger partial charge < -0.3 is 25.2 Å². The van der Waals surface area contributed by atoms with E-state index in [1.807, 2.05) is 33.7 Å². The van der Waals surface area contributed by atoms with Gasteiger partial charge in [0, 0.05) is 44.7 Å². The maximum Gasteiger partial charge on any atom is 0.326 e. The van der Waals surface area contributed by atoms with Gasteiger partial charge in [0.2, 0.25) is 0 Å². The predicted molar refractivity (Wildman–Crippen MR) is 143 cm³/mol. The van der Waals surface area contributed by atoms with Gasteiger partial charge in [-0.15, -0.1) is 0 Å². The molecule has 37 heavy (non-hydrogen) atoms. The monoisotopic (exact) mass is 511 g/mol. The largest absolute Gasteiger partial charge is 0.481 e. The van der Waals surface area contributed by atoms with Crippen LogP contribution in [0.15, 0.2) is 29.1 Å². The van der Waals surface area contributed by atoms with Crippen LogP contribution in [-0.4, -0.2) is 75.2 Å². The highest BCUT2D eigenvalue weighted by Crippen LogP contribution is 2.31. The van der Waals surface area contributed by atoms with Crippen LogP contribution in [0.3, 0.4) is 0 Å². The summed E-state index contributed by atoms with van der Waals surface area (Å²) in [5.41, 5.74) is 1.81. The van der Waals surface area contributed by atoms with E-state index in [2.05, 4.69) is 15.2 Å².